The molecular formula is C23H27N5O2S. The average molecular weight is 438 g/mol. The van der Waals surface area contributed by atoms with Gasteiger partial charge in [-0.15, -0.1) is 10.2 Å². The Morgan fingerprint density at radius 1 is 1.13 bits per heavy atom. The fourth-order valence-corrected chi connectivity index (χ4v) is 4.29. The molecule has 0 bridgehead atoms. The van der Waals surface area contributed by atoms with Gasteiger partial charge in [-0.2, -0.15) is 0 Å². The number of carbonyl (C=O) groups is 1. The molecule has 0 radical (unpaired) electrons. The summed E-state index contributed by atoms with van der Waals surface area (Å²) in [7, 11) is 0. The Morgan fingerprint density at radius 3 is 2.68 bits per heavy atom. The van der Waals surface area contributed by atoms with Crippen LogP contribution in [0.25, 0.3) is 5.69 Å². The molecule has 0 unspecified atom stereocenters. The molecule has 1 aliphatic heterocycles. The van der Waals surface area contributed by atoms with Crippen LogP contribution in [0.1, 0.15) is 18.1 Å². The van der Waals surface area contributed by atoms with Crippen molar-refractivity contribution in [3.63, 3.8) is 0 Å². The second-order valence-electron chi connectivity index (χ2n) is 7.39. The molecule has 1 amide bonds. The Balaban J connectivity index is 1.31. The topological polar surface area (TPSA) is 72.3 Å². The van der Waals surface area contributed by atoms with Crippen molar-refractivity contribution in [3.05, 3.63) is 66.0 Å². The molecule has 162 valence electrons. The van der Waals surface area contributed by atoms with E-state index in [4.69, 9.17) is 4.74 Å². The van der Waals surface area contributed by atoms with Crippen molar-refractivity contribution in [2.45, 2.75) is 25.0 Å². The molecule has 2 aromatic carbocycles. The van der Waals surface area contributed by atoms with Gasteiger partial charge in [0.05, 0.1) is 24.7 Å². The Morgan fingerprint density at radius 2 is 1.90 bits per heavy atom. The standard InChI is InChI=1S/C23H27N5O2S/c1-2-19-5-3-4-6-21(19)28-17-24-26-23(28)31-16-22(29)25-20-9-7-18(8-10-20)15-27-11-13-30-14-12-27/h3-10,17H,2,11-16H2,1H3,(H,25,29). The van der Waals surface area contributed by atoms with Crippen LogP contribution >= 0.6 is 11.8 Å². The largest absolute Gasteiger partial charge is 0.379 e. The van der Waals surface area contributed by atoms with E-state index >= 15 is 0 Å². The van der Waals surface area contributed by atoms with Crippen LogP contribution in [0.5, 0.6) is 0 Å². The summed E-state index contributed by atoms with van der Waals surface area (Å²) in [6, 6.07) is 16.2. The number of thioether (sulfide) groups is 1. The third kappa shape index (κ3) is 5.72. The van der Waals surface area contributed by atoms with Crippen molar-refractivity contribution in [1.82, 2.24) is 19.7 Å². The molecule has 7 nitrogen and oxygen atoms in total. The Hall–Kier alpha value is -2.68. The van der Waals surface area contributed by atoms with Crippen LogP contribution in [-0.4, -0.2) is 57.6 Å². The van der Waals surface area contributed by atoms with E-state index < -0.39 is 0 Å². The second-order valence-corrected chi connectivity index (χ2v) is 8.33. The van der Waals surface area contributed by atoms with Crippen molar-refractivity contribution < 1.29 is 9.53 Å². The van der Waals surface area contributed by atoms with Crippen LogP contribution in [0.3, 0.4) is 0 Å². The number of rotatable bonds is 8. The van der Waals surface area contributed by atoms with Gasteiger partial charge in [0.1, 0.15) is 6.33 Å². The molecule has 1 aliphatic rings. The number of carbonyl (C=O) groups excluding carboxylic acids is 1. The molecule has 3 aromatic rings. The summed E-state index contributed by atoms with van der Waals surface area (Å²) in [4.78, 5) is 14.8. The number of aryl methyl sites for hydroxylation is 1. The fourth-order valence-electron chi connectivity index (χ4n) is 3.57. The van der Waals surface area contributed by atoms with Gasteiger partial charge in [0.25, 0.3) is 0 Å². The van der Waals surface area contributed by atoms with E-state index in [0.717, 1.165) is 50.6 Å². The van der Waals surface area contributed by atoms with Gasteiger partial charge in [-0.05, 0) is 35.7 Å². The van der Waals surface area contributed by atoms with Crippen LogP contribution in [0.2, 0.25) is 0 Å². The predicted octanol–water partition coefficient (Wildman–Crippen LogP) is 3.39. The van der Waals surface area contributed by atoms with E-state index in [2.05, 4.69) is 45.5 Å². The van der Waals surface area contributed by atoms with Crippen LogP contribution in [-0.2, 0) is 22.5 Å². The van der Waals surface area contributed by atoms with Gasteiger partial charge >= 0.3 is 0 Å². The maximum Gasteiger partial charge on any atom is 0.234 e. The lowest BCUT2D eigenvalue weighted by molar-refractivity contribution is -0.113. The molecule has 1 N–H and O–H groups in total. The highest BCUT2D eigenvalue weighted by molar-refractivity contribution is 7.99. The van der Waals surface area contributed by atoms with Gasteiger partial charge in [-0.3, -0.25) is 14.3 Å². The minimum absolute atomic E-state index is 0.0655. The normalized spacial score (nSPS) is 14.5. The number of aromatic nitrogens is 3. The summed E-state index contributed by atoms with van der Waals surface area (Å²) in [6.07, 6.45) is 2.61. The molecule has 0 aliphatic carbocycles. The smallest absolute Gasteiger partial charge is 0.234 e. The molecule has 8 heteroatoms. The van der Waals surface area contributed by atoms with Crippen LogP contribution in [0.15, 0.2) is 60.0 Å². The van der Waals surface area contributed by atoms with Gasteiger partial charge in [0, 0.05) is 25.3 Å². The molecule has 1 fully saturated rings. The number of hydrogen-bond acceptors (Lipinski definition) is 6. The van der Waals surface area contributed by atoms with E-state index in [1.54, 1.807) is 6.33 Å². The lowest BCUT2D eigenvalue weighted by Crippen LogP contribution is -2.35. The Bertz CT molecular complexity index is 999. The summed E-state index contributed by atoms with van der Waals surface area (Å²) >= 11 is 1.38. The molecule has 0 saturated carbocycles. The minimum atomic E-state index is -0.0655. The van der Waals surface area contributed by atoms with Gasteiger partial charge in [0.15, 0.2) is 5.16 Å². The van der Waals surface area contributed by atoms with Gasteiger partial charge in [-0.25, -0.2) is 0 Å². The maximum atomic E-state index is 12.5. The van der Waals surface area contributed by atoms with Crippen LogP contribution < -0.4 is 5.32 Å². The van der Waals surface area contributed by atoms with E-state index in [9.17, 15) is 4.79 Å². The second kappa shape index (κ2) is 10.6. The van der Waals surface area contributed by atoms with Gasteiger partial charge in [-0.1, -0.05) is 49.0 Å². The first kappa shape index (κ1) is 21.5. The summed E-state index contributed by atoms with van der Waals surface area (Å²) in [5, 5.41) is 11.9. The summed E-state index contributed by atoms with van der Waals surface area (Å²) in [5.41, 5.74) is 4.30. The van der Waals surface area contributed by atoms with Crippen LogP contribution in [0, 0.1) is 0 Å². The van der Waals surface area contributed by atoms with Gasteiger partial charge < -0.3 is 10.1 Å². The Kier molecular flexibility index (Phi) is 7.35. The Labute approximate surface area is 186 Å². The number of nitrogens with zero attached hydrogens (tertiary/aromatic N) is 4. The van der Waals surface area contributed by atoms with Crippen molar-refractivity contribution in [1.29, 1.82) is 0 Å². The number of morpholine rings is 1. The maximum absolute atomic E-state index is 12.5. The monoisotopic (exact) mass is 437 g/mol. The van der Waals surface area contributed by atoms with E-state index in [1.165, 1.54) is 22.9 Å². The van der Waals surface area contributed by atoms with Crippen LogP contribution in [0.4, 0.5) is 5.69 Å². The molecule has 1 aromatic heterocycles. The first-order valence-electron chi connectivity index (χ1n) is 10.5. The number of amides is 1. The molecule has 0 spiro atoms. The summed E-state index contributed by atoms with van der Waals surface area (Å²) < 4.78 is 7.33. The number of anilines is 1. The van der Waals surface area contributed by atoms with Crippen molar-refractivity contribution in [3.8, 4) is 5.69 Å². The lowest BCUT2D eigenvalue weighted by Gasteiger charge is -2.26. The first-order valence-corrected chi connectivity index (χ1v) is 11.5. The summed E-state index contributed by atoms with van der Waals surface area (Å²) in [6.45, 7) is 6.54. The fraction of sp³-hybridized carbons (Fsp3) is 0.348. The SMILES string of the molecule is CCc1ccccc1-n1cnnc1SCC(=O)Nc1ccc(CN2CCOCC2)cc1. The summed E-state index contributed by atoms with van der Waals surface area (Å²) in [5.74, 6) is 0.201. The quantitative estimate of drug-likeness (QED) is 0.545. The van der Waals surface area contributed by atoms with Gasteiger partial charge in [0.2, 0.25) is 5.91 Å². The molecular weight excluding hydrogens is 410 g/mol. The van der Waals surface area contributed by atoms with E-state index in [1.807, 2.05) is 34.9 Å². The zero-order valence-electron chi connectivity index (χ0n) is 17.7. The molecule has 31 heavy (non-hydrogen) atoms. The number of benzene rings is 2. The van der Waals surface area contributed by atoms with E-state index in [-0.39, 0.29) is 11.7 Å². The van der Waals surface area contributed by atoms with Crippen molar-refractivity contribution in [2.24, 2.45) is 0 Å². The number of nitrogens with one attached hydrogen (secondary N) is 1. The molecule has 2 heterocycles. The third-order valence-electron chi connectivity index (χ3n) is 5.23. The van der Waals surface area contributed by atoms with E-state index in [0.29, 0.717) is 5.16 Å². The zero-order valence-corrected chi connectivity index (χ0v) is 18.5. The third-order valence-corrected chi connectivity index (χ3v) is 6.17. The lowest BCUT2D eigenvalue weighted by atomic mass is 10.1. The number of ether oxygens (including phenoxy) is 1. The minimum Gasteiger partial charge on any atom is -0.379 e. The van der Waals surface area contributed by atoms with Crippen molar-refractivity contribution >= 4 is 23.4 Å². The zero-order chi connectivity index (χ0) is 21.5. The highest BCUT2D eigenvalue weighted by atomic mass is 32.2. The highest BCUT2D eigenvalue weighted by Gasteiger charge is 2.13. The number of hydrogen-bond donors (Lipinski definition) is 1. The number of para-hydroxylation sites is 1. The highest BCUT2D eigenvalue weighted by Crippen LogP contribution is 2.23. The molecule has 0 atom stereocenters. The molecule has 1 saturated heterocycles. The first-order chi connectivity index (χ1) is 15.2. The van der Waals surface area contributed by atoms with Crippen molar-refractivity contribution in [2.75, 3.05) is 37.4 Å². The predicted molar refractivity (Wildman–Crippen MR) is 123 cm³/mol. The molecule has 4 rings (SSSR count). The average Bonchev–Trinajstić information content (AvgIpc) is 3.28.